The molecule has 12 nitrogen and oxygen atoms in total. The van der Waals surface area contributed by atoms with Gasteiger partial charge in [-0.05, 0) is 13.8 Å². The van der Waals surface area contributed by atoms with Crippen molar-refractivity contribution in [2.45, 2.75) is 102 Å². The Kier molecular flexibility index (Phi) is 7.14. The van der Waals surface area contributed by atoms with Crippen molar-refractivity contribution < 1.29 is 61.4 Å². The molecule has 2 bridgehead atoms. The van der Waals surface area contributed by atoms with Gasteiger partial charge in [-0.1, -0.05) is 0 Å². The molecule has 0 aliphatic carbocycles. The second-order valence-corrected chi connectivity index (χ2v) is 8.98. The smallest absolute Gasteiger partial charge is 0.303 e. The molecule has 13 heteroatoms. The third kappa shape index (κ3) is 5.19. The highest BCUT2D eigenvalue weighted by Crippen LogP contribution is 2.43. The van der Waals surface area contributed by atoms with Gasteiger partial charge in [-0.2, -0.15) is 0 Å². The van der Waals surface area contributed by atoms with E-state index in [1.165, 1.54) is 6.92 Å². The van der Waals surface area contributed by atoms with Crippen molar-refractivity contribution in [2.24, 2.45) is 0 Å². The fourth-order valence-electron chi connectivity index (χ4n) is 4.57. The Labute approximate surface area is 195 Å². The molecule has 0 amide bonds. The van der Waals surface area contributed by atoms with E-state index < -0.39 is 91.8 Å². The molecule has 0 aromatic heterocycles. The highest BCUT2D eigenvalue weighted by Gasteiger charge is 2.61. The quantitative estimate of drug-likeness (QED) is 0.369. The third-order valence-electron chi connectivity index (χ3n) is 5.77. The molecule has 4 fully saturated rings. The zero-order chi connectivity index (χ0) is 24.8. The Morgan fingerprint density at radius 2 is 1.56 bits per heavy atom. The van der Waals surface area contributed by atoms with Crippen LogP contribution in [0.1, 0.15) is 34.6 Å². The molecule has 4 rings (SSSR count). The minimum Gasteiger partial charge on any atom is -0.463 e. The minimum absolute atomic E-state index is 0.166. The van der Waals surface area contributed by atoms with E-state index in [9.17, 15) is 14.4 Å². The van der Waals surface area contributed by atoms with Gasteiger partial charge >= 0.3 is 17.9 Å². The van der Waals surface area contributed by atoms with Crippen molar-refractivity contribution in [3.63, 3.8) is 0 Å². The van der Waals surface area contributed by atoms with Crippen molar-refractivity contribution >= 4 is 17.9 Å². The van der Waals surface area contributed by atoms with Crippen molar-refractivity contribution in [3.05, 3.63) is 0 Å². The Morgan fingerprint density at radius 3 is 2.21 bits per heavy atom. The maximum Gasteiger partial charge on any atom is 0.303 e. The van der Waals surface area contributed by atoms with Crippen LogP contribution in [0.5, 0.6) is 0 Å². The summed E-state index contributed by atoms with van der Waals surface area (Å²) >= 11 is 0. The molecule has 0 spiro atoms. The maximum atomic E-state index is 15.7. The summed E-state index contributed by atoms with van der Waals surface area (Å²) in [6, 6.07) is 0. The maximum absolute atomic E-state index is 15.7. The first-order valence-corrected chi connectivity index (χ1v) is 11.0. The van der Waals surface area contributed by atoms with Crippen LogP contribution in [0.2, 0.25) is 0 Å². The molecule has 0 aromatic rings. The predicted octanol–water partition coefficient (Wildman–Crippen LogP) is 0.136. The van der Waals surface area contributed by atoms with Crippen LogP contribution in [0.25, 0.3) is 0 Å². The lowest BCUT2D eigenvalue weighted by atomic mass is 9.98. The van der Waals surface area contributed by atoms with Crippen molar-refractivity contribution in [1.29, 1.82) is 0 Å². The standard InChI is InChI=1S/C21H29FO12/c1-8(23)26-6-11-14(28-9(2)24)16(29-10(3)25)13(22)19(30-11)32-15-12-7-27-20(31-12)18-17(15)33-21(4,5)34-18/h11-20H,6-7H2,1-5H3/t11-,12-,13+,14-,15-,16-,17+,18+,19-,20-/m1/s1. The van der Waals surface area contributed by atoms with Gasteiger partial charge in [-0.25, -0.2) is 4.39 Å². The number of hydrogen-bond acceptors (Lipinski definition) is 12. The van der Waals surface area contributed by atoms with E-state index in [0.29, 0.717) is 0 Å². The first-order valence-electron chi connectivity index (χ1n) is 11.0. The predicted molar refractivity (Wildman–Crippen MR) is 105 cm³/mol. The zero-order valence-electron chi connectivity index (χ0n) is 19.5. The number of hydrogen-bond donors (Lipinski definition) is 0. The summed E-state index contributed by atoms with van der Waals surface area (Å²) in [5, 5.41) is 0. The van der Waals surface area contributed by atoms with Gasteiger partial charge in [0.25, 0.3) is 0 Å². The van der Waals surface area contributed by atoms with Crippen LogP contribution in [0.3, 0.4) is 0 Å². The van der Waals surface area contributed by atoms with Gasteiger partial charge in [0.2, 0.25) is 0 Å². The molecular formula is C21H29FO12. The highest BCUT2D eigenvalue weighted by molar-refractivity contribution is 5.67. The Hall–Kier alpha value is -1.90. The normalized spacial score (nSPS) is 42.5. The monoisotopic (exact) mass is 492 g/mol. The molecular weight excluding hydrogens is 463 g/mol. The fourth-order valence-corrected chi connectivity index (χ4v) is 4.57. The molecule has 0 saturated carbocycles. The summed E-state index contributed by atoms with van der Waals surface area (Å²) in [5.74, 6) is -3.15. The van der Waals surface area contributed by atoms with E-state index >= 15 is 4.39 Å². The van der Waals surface area contributed by atoms with Gasteiger partial charge in [0.05, 0.1) is 6.61 Å². The van der Waals surface area contributed by atoms with Crippen molar-refractivity contribution in [2.75, 3.05) is 13.2 Å². The van der Waals surface area contributed by atoms with Crippen LogP contribution in [0.15, 0.2) is 0 Å². The van der Waals surface area contributed by atoms with E-state index in [1.807, 2.05) is 0 Å². The number of rotatable bonds is 6. The van der Waals surface area contributed by atoms with Crippen LogP contribution in [0.4, 0.5) is 4.39 Å². The lowest BCUT2D eigenvalue weighted by Crippen LogP contribution is -2.63. The van der Waals surface area contributed by atoms with Crippen molar-refractivity contribution in [3.8, 4) is 0 Å². The molecule has 34 heavy (non-hydrogen) atoms. The van der Waals surface area contributed by atoms with Gasteiger partial charge in [0.1, 0.15) is 37.1 Å². The van der Waals surface area contributed by atoms with E-state index in [2.05, 4.69) is 0 Å². The summed E-state index contributed by atoms with van der Waals surface area (Å²) in [6.07, 6.45) is -11.2. The van der Waals surface area contributed by atoms with Gasteiger partial charge in [0.15, 0.2) is 36.7 Å². The second-order valence-electron chi connectivity index (χ2n) is 8.98. The first kappa shape index (κ1) is 25.2. The summed E-state index contributed by atoms with van der Waals surface area (Å²) in [4.78, 5) is 34.8. The molecule has 0 aromatic carbocycles. The van der Waals surface area contributed by atoms with E-state index in [4.69, 9.17) is 42.6 Å². The number of ether oxygens (including phenoxy) is 9. The zero-order valence-corrected chi connectivity index (χ0v) is 19.5. The second kappa shape index (κ2) is 9.63. The number of esters is 3. The number of halogens is 1. The van der Waals surface area contributed by atoms with Crippen molar-refractivity contribution in [1.82, 2.24) is 0 Å². The molecule has 192 valence electrons. The van der Waals surface area contributed by atoms with Crippen LogP contribution >= 0.6 is 0 Å². The minimum atomic E-state index is -2.06. The van der Waals surface area contributed by atoms with Gasteiger partial charge in [-0.15, -0.1) is 0 Å². The van der Waals surface area contributed by atoms with E-state index in [0.717, 1.165) is 13.8 Å². The highest BCUT2D eigenvalue weighted by atomic mass is 19.1. The van der Waals surface area contributed by atoms with Crippen LogP contribution in [0, 0.1) is 0 Å². The number of alkyl halides is 1. The number of fused-ring (bicyclic) bond motifs is 4. The Morgan fingerprint density at radius 1 is 0.912 bits per heavy atom. The molecule has 4 heterocycles. The summed E-state index contributed by atoms with van der Waals surface area (Å²) in [5.41, 5.74) is 0. The summed E-state index contributed by atoms with van der Waals surface area (Å²) in [7, 11) is 0. The van der Waals surface area contributed by atoms with Gasteiger partial charge < -0.3 is 42.6 Å². The number of carbonyl (C=O) groups excluding carboxylic acids is 3. The Balaban J connectivity index is 1.58. The largest absolute Gasteiger partial charge is 0.463 e. The Bertz CT molecular complexity index is 805. The van der Waals surface area contributed by atoms with Crippen LogP contribution < -0.4 is 0 Å². The average Bonchev–Trinajstić information content (AvgIpc) is 3.30. The summed E-state index contributed by atoms with van der Waals surface area (Å²) < 4.78 is 66.1. The van der Waals surface area contributed by atoms with Crippen LogP contribution in [-0.4, -0.2) is 98.4 Å². The van der Waals surface area contributed by atoms with Crippen LogP contribution in [-0.2, 0) is 57.0 Å². The lowest BCUT2D eigenvalue weighted by Gasteiger charge is -2.44. The fraction of sp³-hybridized carbons (Fsp3) is 0.857. The molecule has 4 saturated heterocycles. The first-order chi connectivity index (χ1) is 15.9. The van der Waals surface area contributed by atoms with Gasteiger partial charge in [-0.3, -0.25) is 14.4 Å². The molecule has 0 N–H and O–H groups in total. The van der Waals surface area contributed by atoms with E-state index in [-0.39, 0.29) is 6.61 Å². The summed E-state index contributed by atoms with van der Waals surface area (Å²) in [6.45, 7) is 6.59. The molecule has 4 aliphatic rings. The SMILES string of the molecule is CC(=O)OC[C@H]1O[C@H](O[C@H]2[C@@H]3OC(C)(C)O[C@@H]3[C@@H]3OC[C@H]2O3)[C@@H](F)[C@@H](OC(C)=O)[C@@H]1OC(C)=O. The lowest BCUT2D eigenvalue weighted by molar-refractivity contribution is -0.323. The average molecular weight is 492 g/mol. The molecule has 0 radical (unpaired) electrons. The third-order valence-corrected chi connectivity index (χ3v) is 5.77. The molecule has 4 aliphatic heterocycles. The molecule has 0 unspecified atom stereocenters. The number of carbonyl (C=O) groups is 3. The van der Waals surface area contributed by atoms with E-state index in [1.54, 1.807) is 13.8 Å². The topological polar surface area (TPSA) is 134 Å². The van der Waals surface area contributed by atoms with Gasteiger partial charge in [0, 0.05) is 20.8 Å². The molecule has 10 atom stereocenters.